The van der Waals surface area contributed by atoms with E-state index in [2.05, 4.69) is 20.8 Å². The molecule has 0 bridgehead atoms. The third-order valence-corrected chi connectivity index (χ3v) is 9.02. The van der Waals surface area contributed by atoms with Crippen molar-refractivity contribution in [2.45, 2.75) is 90.5 Å². The first kappa shape index (κ1) is 21.0. The smallest absolute Gasteiger partial charge is 0.304 e. The first-order chi connectivity index (χ1) is 14.6. The molecule has 0 aromatic carbocycles. The van der Waals surface area contributed by atoms with Crippen LogP contribution in [0.5, 0.6) is 0 Å². The molecule has 9 atom stereocenters. The Bertz CT molecular complexity index is 880. The van der Waals surface area contributed by atoms with Gasteiger partial charge in [-0.05, 0) is 44.6 Å². The van der Waals surface area contributed by atoms with Crippen LogP contribution in [0.4, 0.5) is 0 Å². The molecule has 2 saturated carbocycles. The van der Waals surface area contributed by atoms with Gasteiger partial charge in [0.25, 0.3) is 0 Å². The highest BCUT2D eigenvalue weighted by molar-refractivity contribution is 5.66. The summed E-state index contributed by atoms with van der Waals surface area (Å²) >= 11 is 0. The van der Waals surface area contributed by atoms with Crippen molar-refractivity contribution in [3.05, 3.63) is 24.2 Å². The summed E-state index contributed by atoms with van der Waals surface area (Å²) in [6.45, 7) is 9.43. The van der Waals surface area contributed by atoms with Gasteiger partial charge in [0.2, 0.25) is 6.29 Å². The van der Waals surface area contributed by atoms with Gasteiger partial charge in [-0.25, -0.2) is 0 Å². The molecule has 2 unspecified atom stereocenters. The molecule has 4 fully saturated rings. The number of hydrogen-bond acceptors (Lipinski definition) is 7. The largest absolute Gasteiger partial charge is 0.472 e. The van der Waals surface area contributed by atoms with E-state index in [4.69, 9.17) is 23.4 Å². The summed E-state index contributed by atoms with van der Waals surface area (Å²) in [5.41, 5.74) is -0.0632. The highest BCUT2D eigenvalue weighted by Gasteiger charge is 2.77. The van der Waals surface area contributed by atoms with E-state index in [0.717, 1.165) is 24.8 Å². The van der Waals surface area contributed by atoms with Crippen molar-refractivity contribution >= 4 is 11.9 Å². The number of rotatable bonds is 3. The summed E-state index contributed by atoms with van der Waals surface area (Å²) in [6, 6.07) is 1.90. The van der Waals surface area contributed by atoms with Crippen molar-refractivity contribution in [3.8, 4) is 0 Å². The molecule has 31 heavy (non-hydrogen) atoms. The van der Waals surface area contributed by atoms with Gasteiger partial charge in [0.1, 0.15) is 6.10 Å². The fraction of sp³-hybridized carbons (Fsp3) is 0.750. The monoisotopic (exact) mass is 432 g/mol. The van der Waals surface area contributed by atoms with E-state index < -0.39 is 11.7 Å². The number of furan rings is 1. The van der Waals surface area contributed by atoms with Crippen LogP contribution in [0.15, 0.2) is 23.0 Å². The second-order valence-corrected chi connectivity index (χ2v) is 10.3. The molecule has 5 rings (SSSR count). The molecule has 170 valence electrons. The minimum atomic E-state index is -0.721. The van der Waals surface area contributed by atoms with Gasteiger partial charge in [0.15, 0.2) is 0 Å². The molecule has 0 amide bonds. The summed E-state index contributed by atoms with van der Waals surface area (Å²) in [4.78, 5) is 24.2. The van der Waals surface area contributed by atoms with E-state index in [-0.39, 0.29) is 53.1 Å². The number of carbonyl (C=O) groups excluding carboxylic acids is 2. The lowest BCUT2D eigenvalue weighted by atomic mass is 9.43. The molecular formula is C24H32O7. The molecule has 0 N–H and O–H groups in total. The van der Waals surface area contributed by atoms with Crippen molar-refractivity contribution in [2.24, 2.45) is 22.7 Å². The van der Waals surface area contributed by atoms with Gasteiger partial charge in [-0.2, -0.15) is 0 Å². The van der Waals surface area contributed by atoms with Crippen LogP contribution in [0, 0.1) is 22.7 Å². The zero-order valence-electron chi connectivity index (χ0n) is 18.9. The lowest BCUT2D eigenvalue weighted by Gasteiger charge is -2.61. The van der Waals surface area contributed by atoms with Crippen LogP contribution < -0.4 is 0 Å². The van der Waals surface area contributed by atoms with Gasteiger partial charge in [0.05, 0.1) is 30.3 Å². The van der Waals surface area contributed by atoms with Crippen LogP contribution in [0.2, 0.25) is 0 Å². The summed E-state index contributed by atoms with van der Waals surface area (Å²) in [5.74, 6) is -0.512. The average Bonchev–Trinajstić information content (AvgIpc) is 3.05. The maximum Gasteiger partial charge on any atom is 0.304 e. The maximum atomic E-state index is 12.1. The predicted molar refractivity (Wildman–Crippen MR) is 109 cm³/mol. The number of epoxide rings is 1. The zero-order valence-corrected chi connectivity index (χ0v) is 18.9. The van der Waals surface area contributed by atoms with E-state index >= 15 is 0 Å². The standard InChI is InChI=1S/C24H32O7/c1-13-17(28-14(2)25)10-22(4)19(6-7-20-23(22,5)31-20)24(13)11-18(16-8-9-27-12-16)30-21(24)29-15(3)26/h8-9,12-13,17-21H,6-7,10-11H2,1-5H3/t13-,17+,18+,19+,20?,21?,22-,23+,24-/m0/s1. The van der Waals surface area contributed by atoms with E-state index in [0.29, 0.717) is 6.42 Å². The molecule has 1 spiro atoms. The molecule has 7 nitrogen and oxygen atoms in total. The van der Waals surface area contributed by atoms with Crippen molar-refractivity contribution in [1.82, 2.24) is 0 Å². The number of esters is 2. The SMILES string of the molecule is CC(=O)OC1O[C@@H](c2ccoc2)C[C@@]12[C@@H](C)[C@H](OC(C)=O)C[C@@]1(C)[C@H]2CCC2O[C@]21C. The Balaban J connectivity index is 1.62. The quantitative estimate of drug-likeness (QED) is 0.523. The summed E-state index contributed by atoms with van der Waals surface area (Å²) < 4.78 is 29.7. The number of hydrogen-bond donors (Lipinski definition) is 0. The number of carbonyl (C=O) groups is 2. The van der Waals surface area contributed by atoms with Gasteiger partial charge in [0, 0.05) is 36.2 Å². The minimum absolute atomic E-state index is 0.0466. The molecule has 2 aliphatic carbocycles. The maximum absolute atomic E-state index is 12.1. The van der Waals surface area contributed by atoms with Gasteiger partial charge >= 0.3 is 11.9 Å². The van der Waals surface area contributed by atoms with E-state index in [1.165, 1.54) is 13.8 Å². The average molecular weight is 433 g/mol. The summed E-state index contributed by atoms with van der Waals surface area (Å²) in [5, 5.41) is 0. The second-order valence-electron chi connectivity index (χ2n) is 10.3. The molecule has 3 heterocycles. The summed E-state index contributed by atoms with van der Waals surface area (Å²) in [6.07, 6.45) is 5.62. The Morgan fingerprint density at radius 1 is 1.10 bits per heavy atom. The molecular weight excluding hydrogens is 400 g/mol. The lowest BCUT2D eigenvalue weighted by molar-refractivity contribution is -0.249. The Labute approximate surface area is 182 Å². The van der Waals surface area contributed by atoms with Gasteiger partial charge < -0.3 is 23.4 Å². The predicted octanol–water partition coefficient (Wildman–Crippen LogP) is 4.16. The molecule has 2 aliphatic heterocycles. The molecule has 1 aromatic rings. The Kier molecular flexibility index (Phi) is 4.62. The van der Waals surface area contributed by atoms with Crippen LogP contribution in [0.1, 0.15) is 72.0 Å². The Hall–Kier alpha value is -1.86. The minimum Gasteiger partial charge on any atom is -0.472 e. The second kappa shape index (κ2) is 6.82. The van der Waals surface area contributed by atoms with Gasteiger partial charge in [-0.1, -0.05) is 13.8 Å². The third kappa shape index (κ3) is 2.85. The van der Waals surface area contributed by atoms with Crippen LogP contribution in [0.25, 0.3) is 0 Å². The van der Waals surface area contributed by atoms with Crippen molar-refractivity contribution < 1.29 is 33.0 Å². The van der Waals surface area contributed by atoms with Crippen molar-refractivity contribution in [2.75, 3.05) is 0 Å². The van der Waals surface area contributed by atoms with Crippen LogP contribution >= 0.6 is 0 Å². The van der Waals surface area contributed by atoms with Crippen LogP contribution in [-0.4, -0.2) is 36.0 Å². The van der Waals surface area contributed by atoms with Crippen LogP contribution in [-0.2, 0) is 28.5 Å². The van der Waals surface area contributed by atoms with Crippen molar-refractivity contribution in [3.63, 3.8) is 0 Å². The lowest BCUT2D eigenvalue weighted by Crippen LogP contribution is -2.64. The van der Waals surface area contributed by atoms with Crippen molar-refractivity contribution in [1.29, 1.82) is 0 Å². The highest BCUT2D eigenvalue weighted by Crippen LogP contribution is 2.73. The number of fused-ring (bicyclic) bond motifs is 4. The van der Waals surface area contributed by atoms with E-state index in [1.54, 1.807) is 12.5 Å². The molecule has 2 saturated heterocycles. The van der Waals surface area contributed by atoms with Crippen LogP contribution in [0.3, 0.4) is 0 Å². The molecule has 1 aromatic heterocycles. The topological polar surface area (TPSA) is 87.5 Å². The zero-order chi connectivity index (χ0) is 22.2. The fourth-order valence-corrected chi connectivity index (χ4v) is 7.29. The Morgan fingerprint density at radius 2 is 1.84 bits per heavy atom. The van der Waals surface area contributed by atoms with Gasteiger partial charge in [-0.15, -0.1) is 0 Å². The van der Waals surface area contributed by atoms with E-state index in [9.17, 15) is 9.59 Å². The third-order valence-electron chi connectivity index (χ3n) is 9.02. The fourth-order valence-electron chi connectivity index (χ4n) is 7.29. The van der Waals surface area contributed by atoms with E-state index in [1.807, 2.05) is 6.07 Å². The number of ether oxygens (including phenoxy) is 4. The first-order valence-corrected chi connectivity index (χ1v) is 11.3. The Morgan fingerprint density at radius 3 is 2.48 bits per heavy atom. The molecule has 0 radical (unpaired) electrons. The molecule has 7 heteroatoms. The summed E-state index contributed by atoms with van der Waals surface area (Å²) in [7, 11) is 0. The normalized spacial score (nSPS) is 48.0. The molecule has 4 aliphatic rings. The highest BCUT2D eigenvalue weighted by atomic mass is 16.7. The first-order valence-electron chi connectivity index (χ1n) is 11.3. The van der Waals surface area contributed by atoms with Gasteiger partial charge in [-0.3, -0.25) is 9.59 Å².